The number of benzene rings is 9. The molecular formula is C80H76N4O. The number of ether oxygens (including phenoxy) is 1. The minimum Gasteiger partial charge on any atom is -0.458 e. The van der Waals surface area contributed by atoms with Gasteiger partial charge in [0.1, 0.15) is 17.3 Å². The molecule has 12 aromatic rings. The molecule has 0 spiro atoms. The SMILES string of the molecule is [2H]c1c([2H])c2c(c([2H])c1-c1ccc3c(c1)-c1cccc(-c4cc(C(C)(C)C)cc(C(C)(C)C)c4)c1-[n+]1[c-]n(-c4cccc(Oc5ccc6c7ccccc7n(-c7cc(C(C)(C)C)ccn7)c6c5)c4)c4cccc(c41)-c1ccccc1-3)C(C([2H])([2H])[2H])(C([2H])([2H])[2H])C([2H])([2H])C([2H])([2H])C2(C([2H])([2H])[2H])C([2H])([2H])[2H]. The van der Waals surface area contributed by atoms with Crippen LogP contribution in [0.1, 0.15) is 156 Å². The van der Waals surface area contributed by atoms with E-state index in [1.165, 1.54) is 6.07 Å². The number of hydrogen-bond acceptors (Lipinski definition) is 2. The largest absolute Gasteiger partial charge is 0.458 e. The summed E-state index contributed by atoms with van der Waals surface area (Å²) in [6.07, 6.45) is -3.29. The van der Waals surface area contributed by atoms with Crippen LogP contribution in [0.25, 0.3) is 106 Å². The molecule has 5 nitrogen and oxygen atoms in total. The van der Waals surface area contributed by atoms with Crippen molar-refractivity contribution in [3.05, 3.63) is 234 Å². The standard InChI is InChI=1S/C80H76N4O/c1-76(2,3)53-37-40-81-73(46-53)84-70-29-17-16-25-63(70)64-35-33-58(48-72(64)84)85-57-22-18-21-56(47-57)82-49-83-74-59(52-41-54(77(4,5)6)45-55(42-52)78(7,8)9)26-19-27-66(74)67-43-50(51-32-36-68-69(44-51)80(12,13)39-38-79(68,10)11)31-34-62(67)60-23-14-15-24-61(60)65-28-20-30-71(82)75(65)83/h14-37,40-48H,38-39H2,1-13H3/i10D3,11D3,12D3,13D3,32D,36D,38D2,39D2,44D. The van der Waals surface area contributed by atoms with Crippen LogP contribution in [0.15, 0.2) is 200 Å². The van der Waals surface area contributed by atoms with Crippen LogP contribution in [0.2, 0.25) is 0 Å². The molecule has 0 atom stereocenters. The molecule has 1 aliphatic heterocycles. The van der Waals surface area contributed by atoms with Gasteiger partial charge >= 0.3 is 0 Å². The van der Waals surface area contributed by atoms with Gasteiger partial charge in [-0.2, -0.15) is 0 Å². The summed E-state index contributed by atoms with van der Waals surface area (Å²) in [5.41, 5.74) is -0.0716. The van der Waals surface area contributed by atoms with E-state index in [1.807, 2.05) is 131 Å². The monoisotopic (exact) mass is 1130 g/mol. The Morgan fingerprint density at radius 1 is 0.506 bits per heavy atom. The van der Waals surface area contributed by atoms with E-state index in [9.17, 15) is 9.60 Å². The fourth-order valence-corrected chi connectivity index (χ4v) is 12.2. The lowest BCUT2D eigenvalue weighted by Gasteiger charge is -2.42. The van der Waals surface area contributed by atoms with Crippen LogP contribution in [-0.4, -0.2) is 14.1 Å². The first-order valence-corrected chi connectivity index (χ1v) is 28.8. The summed E-state index contributed by atoms with van der Waals surface area (Å²) in [4.78, 5) is 4.90. The first kappa shape index (κ1) is 36.8. The fraction of sp³-hybridized carbons (Fsp3) is 0.250. The summed E-state index contributed by atoms with van der Waals surface area (Å²) in [5, 5.41) is 2.09. The van der Waals surface area contributed by atoms with Gasteiger partial charge in [-0.15, -0.1) is 0 Å². The first-order valence-electron chi connectivity index (χ1n) is 38.3. The molecule has 0 saturated heterocycles. The number of para-hydroxylation sites is 3. The third-order valence-corrected chi connectivity index (χ3v) is 16.8. The molecule has 0 fully saturated rings. The van der Waals surface area contributed by atoms with E-state index in [0.29, 0.717) is 45.1 Å². The van der Waals surface area contributed by atoms with E-state index in [0.717, 1.165) is 77.6 Å². The van der Waals surface area contributed by atoms with Crippen LogP contribution >= 0.6 is 0 Å². The highest BCUT2D eigenvalue weighted by Gasteiger charge is 2.37. The van der Waals surface area contributed by atoms with Gasteiger partial charge in [-0.1, -0.05) is 223 Å². The Bertz CT molecular complexity index is 5490. The molecule has 3 aromatic heterocycles. The molecule has 0 radical (unpaired) electrons. The van der Waals surface area contributed by atoms with Gasteiger partial charge in [-0.3, -0.25) is 13.7 Å². The number of hydrogen-bond donors (Lipinski definition) is 0. The van der Waals surface area contributed by atoms with Crippen molar-refractivity contribution >= 4 is 32.8 Å². The van der Waals surface area contributed by atoms with Gasteiger partial charge in [0.2, 0.25) is 0 Å². The lowest BCUT2D eigenvalue weighted by molar-refractivity contribution is -0.570. The predicted molar refractivity (Wildman–Crippen MR) is 354 cm³/mol. The number of pyridine rings is 1. The van der Waals surface area contributed by atoms with Gasteiger partial charge in [0.15, 0.2) is 0 Å². The minimum absolute atomic E-state index is 0.126. The van der Waals surface area contributed by atoms with E-state index in [1.54, 1.807) is 12.1 Å². The van der Waals surface area contributed by atoms with Gasteiger partial charge in [0.25, 0.3) is 6.33 Å². The van der Waals surface area contributed by atoms with Crippen molar-refractivity contribution in [2.24, 2.45) is 0 Å². The predicted octanol–water partition coefficient (Wildman–Crippen LogP) is 20.9. The number of aromatic nitrogens is 4. The highest BCUT2D eigenvalue weighted by molar-refractivity contribution is 6.09. The molecule has 9 aromatic carbocycles. The lowest BCUT2D eigenvalue weighted by Crippen LogP contribution is -2.33. The van der Waals surface area contributed by atoms with Crippen LogP contribution < -0.4 is 9.30 Å². The van der Waals surface area contributed by atoms with Crippen molar-refractivity contribution < 1.29 is 35.3 Å². The van der Waals surface area contributed by atoms with Crippen LogP contribution in [0.3, 0.4) is 0 Å². The topological polar surface area (TPSA) is 35.9 Å². The fourth-order valence-electron chi connectivity index (χ4n) is 12.2. The maximum atomic E-state index is 10.3. The molecule has 0 N–H and O–H groups in total. The van der Waals surface area contributed by atoms with Crippen LogP contribution in [0.5, 0.6) is 11.5 Å². The Kier molecular flexibility index (Phi) is 8.39. The summed E-state index contributed by atoms with van der Waals surface area (Å²) in [5.74, 6) is 1.87. The zero-order valence-corrected chi connectivity index (χ0v) is 49.0. The zero-order valence-electron chi connectivity index (χ0n) is 68.0. The Balaban J connectivity index is 1.05. The second kappa shape index (κ2) is 19.4. The molecule has 0 unspecified atom stereocenters. The van der Waals surface area contributed by atoms with Gasteiger partial charge < -0.3 is 4.74 Å². The van der Waals surface area contributed by atoms with Gasteiger partial charge in [0.05, 0.1) is 37.6 Å². The van der Waals surface area contributed by atoms with Crippen molar-refractivity contribution in [3.8, 4) is 84.3 Å². The van der Waals surface area contributed by atoms with E-state index in [2.05, 4.69) is 116 Å². The molecule has 0 bridgehead atoms. The van der Waals surface area contributed by atoms with Gasteiger partial charge in [-0.05, 0) is 178 Å². The lowest BCUT2D eigenvalue weighted by atomic mass is 9.63. The Labute approximate surface area is 529 Å². The Hall–Kier alpha value is -8.80. The highest BCUT2D eigenvalue weighted by atomic mass is 16.5. The molecule has 1 aliphatic carbocycles. The smallest absolute Gasteiger partial charge is 0.269 e. The Morgan fingerprint density at radius 3 is 1.88 bits per heavy atom. The number of rotatable bonds is 6. The zero-order chi connectivity index (χ0) is 75.3. The van der Waals surface area contributed by atoms with Gasteiger partial charge in [-0.25, -0.2) is 4.98 Å². The molecule has 85 heavy (non-hydrogen) atoms. The summed E-state index contributed by atoms with van der Waals surface area (Å²) < 4.78 is 189. The van der Waals surface area contributed by atoms with Crippen molar-refractivity contribution in [3.63, 3.8) is 0 Å². The third kappa shape index (κ3) is 9.21. The Morgan fingerprint density at radius 2 is 1.13 bits per heavy atom. The summed E-state index contributed by atoms with van der Waals surface area (Å²) in [6.45, 7) is 2.56. The molecule has 4 heterocycles. The summed E-state index contributed by atoms with van der Waals surface area (Å²) >= 11 is 0. The highest BCUT2D eigenvalue weighted by Crippen LogP contribution is 2.50. The molecule has 2 aliphatic rings. The molecule has 422 valence electrons. The van der Waals surface area contributed by atoms with Gasteiger partial charge in [0, 0.05) is 45.0 Å². The van der Waals surface area contributed by atoms with Crippen molar-refractivity contribution in [1.29, 1.82) is 0 Å². The average Bonchev–Trinajstić information content (AvgIpc) is 0.674. The van der Waals surface area contributed by atoms with E-state index in [4.69, 9.17) is 26.2 Å². The van der Waals surface area contributed by atoms with Crippen LogP contribution in [0, 0.1) is 6.33 Å². The van der Waals surface area contributed by atoms with E-state index >= 15 is 0 Å². The second-order valence-electron chi connectivity index (χ2n) is 25.8. The number of nitrogens with zero attached hydrogens (tertiary/aromatic N) is 4. The average molecular weight is 1130 g/mol. The molecule has 0 saturated carbocycles. The minimum atomic E-state index is -4.50. The van der Waals surface area contributed by atoms with E-state index < -0.39 is 85.8 Å². The quantitative estimate of drug-likeness (QED) is 0.123. The van der Waals surface area contributed by atoms with Crippen LogP contribution in [-0.2, 0) is 27.1 Å². The maximum absolute atomic E-state index is 10.3. The number of fused-ring (bicyclic) bond motifs is 11. The third-order valence-electron chi connectivity index (χ3n) is 16.8. The van der Waals surface area contributed by atoms with E-state index in [-0.39, 0.29) is 21.8 Å². The molecular weight excluding hydrogens is 1030 g/mol. The first-order chi connectivity index (χ1) is 48.3. The number of imidazole rings is 1. The van der Waals surface area contributed by atoms with Crippen molar-refractivity contribution in [1.82, 2.24) is 14.1 Å². The van der Waals surface area contributed by atoms with Crippen molar-refractivity contribution in [2.45, 2.75) is 130 Å². The normalized spacial score (nSPS) is 19.6. The van der Waals surface area contributed by atoms with Crippen molar-refractivity contribution in [2.75, 3.05) is 0 Å². The summed E-state index contributed by atoms with van der Waals surface area (Å²) in [6, 6.07) is 53.4. The second-order valence-corrected chi connectivity index (χ2v) is 25.8. The maximum Gasteiger partial charge on any atom is 0.269 e. The molecule has 0 amide bonds. The summed E-state index contributed by atoms with van der Waals surface area (Å²) in [7, 11) is 0. The molecule has 5 heteroatoms. The van der Waals surface area contributed by atoms with Crippen LogP contribution in [0.4, 0.5) is 0 Å². The molecule has 14 rings (SSSR count).